The third-order valence-corrected chi connectivity index (χ3v) is 5.26. The van der Waals surface area contributed by atoms with Gasteiger partial charge in [0.05, 0.1) is 0 Å². The Morgan fingerprint density at radius 2 is 1.81 bits per heavy atom. The highest BCUT2D eigenvalue weighted by molar-refractivity contribution is 7.80. The van der Waals surface area contributed by atoms with Crippen LogP contribution in [0.2, 0.25) is 0 Å². The van der Waals surface area contributed by atoms with E-state index in [4.69, 9.17) is 12.2 Å². The van der Waals surface area contributed by atoms with Crippen molar-refractivity contribution in [1.29, 1.82) is 0 Å². The third kappa shape index (κ3) is 4.73. The van der Waals surface area contributed by atoms with Crippen LogP contribution in [0, 0.1) is 12.7 Å². The van der Waals surface area contributed by atoms with Crippen molar-refractivity contribution in [1.82, 2.24) is 4.90 Å². The van der Waals surface area contributed by atoms with Crippen molar-refractivity contribution in [3.05, 3.63) is 59.4 Å². The number of thiocarbonyl (C=S) groups is 1. The molecular weight excluding hydrogens is 345 g/mol. The number of benzene rings is 2. The maximum atomic E-state index is 13.7. The van der Waals surface area contributed by atoms with Crippen LogP contribution in [0.3, 0.4) is 0 Å². The van der Waals surface area contributed by atoms with Gasteiger partial charge < -0.3 is 15.1 Å². The van der Waals surface area contributed by atoms with Gasteiger partial charge in [0.25, 0.3) is 0 Å². The van der Waals surface area contributed by atoms with E-state index in [1.807, 2.05) is 18.0 Å². The minimum absolute atomic E-state index is 0.228. The Bertz CT molecular complexity index is 754. The second-order valence-corrected chi connectivity index (χ2v) is 7.35. The van der Waals surface area contributed by atoms with Crippen molar-refractivity contribution in [2.45, 2.75) is 32.7 Å². The average Bonchev–Trinajstić information content (AvgIpc) is 2.66. The summed E-state index contributed by atoms with van der Waals surface area (Å²) in [6, 6.07) is 13.8. The minimum Gasteiger partial charge on any atom is -0.372 e. The fourth-order valence-corrected chi connectivity index (χ4v) is 3.38. The molecule has 138 valence electrons. The summed E-state index contributed by atoms with van der Waals surface area (Å²) in [5.74, 6) is -0.228. The molecule has 0 spiro atoms. The molecule has 0 aromatic heterocycles. The van der Waals surface area contributed by atoms with Gasteiger partial charge in [0, 0.05) is 38.1 Å². The summed E-state index contributed by atoms with van der Waals surface area (Å²) < 4.78 is 13.7. The van der Waals surface area contributed by atoms with E-state index >= 15 is 0 Å². The molecule has 0 atom stereocenters. The molecule has 0 radical (unpaired) electrons. The molecule has 0 unspecified atom stereocenters. The van der Waals surface area contributed by atoms with E-state index in [-0.39, 0.29) is 5.82 Å². The van der Waals surface area contributed by atoms with Crippen LogP contribution in [0.1, 0.15) is 30.4 Å². The van der Waals surface area contributed by atoms with E-state index in [9.17, 15) is 4.39 Å². The quantitative estimate of drug-likeness (QED) is 0.766. The smallest absolute Gasteiger partial charge is 0.173 e. The van der Waals surface area contributed by atoms with E-state index in [1.165, 1.54) is 36.6 Å². The zero-order valence-corrected chi connectivity index (χ0v) is 16.3. The number of hydrogen-bond acceptors (Lipinski definition) is 2. The lowest BCUT2D eigenvalue weighted by Crippen LogP contribution is -2.31. The number of aryl methyl sites for hydroxylation is 1. The van der Waals surface area contributed by atoms with Gasteiger partial charge in [-0.1, -0.05) is 18.2 Å². The van der Waals surface area contributed by atoms with E-state index in [2.05, 4.69) is 34.5 Å². The van der Waals surface area contributed by atoms with E-state index in [0.29, 0.717) is 22.9 Å². The standard InChI is InChI=1S/C21H26FN3S/c1-16-6-9-18(14-20(16)22)23-21(26)24(2)15-17-7-10-19(11-8-17)25-12-4-3-5-13-25/h6-11,14H,3-5,12-13,15H2,1-2H3,(H,23,26). The highest BCUT2D eigenvalue weighted by Crippen LogP contribution is 2.21. The molecule has 3 rings (SSSR count). The fraction of sp³-hybridized carbons (Fsp3) is 0.381. The van der Waals surface area contributed by atoms with Gasteiger partial charge in [-0.3, -0.25) is 0 Å². The molecule has 0 aliphatic carbocycles. The van der Waals surface area contributed by atoms with Gasteiger partial charge in [0.1, 0.15) is 5.82 Å². The number of anilines is 2. The van der Waals surface area contributed by atoms with Gasteiger partial charge in [-0.2, -0.15) is 0 Å². The summed E-state index contributed by atoms with van der Waals surface area (Å²) >= 11 is 5.45. The molecule has 1 aliphatic rings. The van der Waals surface area contributed by atoms with Crippen LogP contribution in [0.15, 0.2) is 42.5 Å². The molecule has 1 saturated heterocycles. The first-order valence-corrected chi connectivity index (χ1v) is 9.56. The number of hydrogen-bond donors (Lipinski definition) is 1. The van der Waals surface area contributed by atoms with Crippen LogP contribution in [0.4, 0.5) is 15.8 Å². The Balaban J connectivity index is 1.57. The van der Waals surface area contributed by atoms with Gasteiger partial charge in [-0.25, -0.2) is 4.39 Å². The van der Waals surface area contributed by atoms with Gasteiger partial charge in [0.2, 0.25) is 0 Å². The molecule has 5 heteroatoms. The molecule has 1 heterocycles. The zero-order chi connectivity index (χ0) is 18.5. The summed E-state index contributed by atoms with van der Waals surface area (Å²) in [5, 5.41) is 3.68. The van der Waals surface area contributed by atoms with Crippen molar-refractivity contribution in [2.24, 2.45) is 0 Å². The molecule has 26 heavy (non-hydrogen) atoms. The number of piperidine rings is 1. The van der Waals surface area contributed by atoms with Crippen LogP contribution in [0.5, 0.6) is 0 Å². The average molecular weight is 372 g/mol. The summed E-state index contributed by atoms with van der Waals surface area (Å²) in [4.78, 5) is 4.41. The lowest BCUT2D eigenvalue weighted by molar-refractivity contribution is 0.508. The topological polar surface area (TPSA) is 18.5 Å². The second-order valence-electron chi connectivity index (χ2n) is 6.96. The van der Waals surface area contributed by atoms with Crippen molar-refractivity contribution >= 4 is 28.7 Å². The summed E-state index contributed by atoms with van der Waals surface area (Å²) in [6.45, 7) is 4.76. The molecule has 1 aliphatic heterocycles. The van der Waals surface area contributed by atoms with Gasteiger partial charge in [0.15, 0.2) is 5.11 Å². The molecule has 1 fully saturated rings. The molecule has 0 saturated carbocycles. The van der Waals surface area contributed by atoms with E-state index < -0.39 is 0 Å². The second kappa shape index (κ2) is 8.49. The number of nitrogens with zero attached hydrogens (tertiary/aromatic N) is 2. The molecule has 2 aromatic rings. The highest BCUT2D eigenvalue weighted by atomic mass is 32.1. The maximum absolute atomic E-state index is 13.7. The summed E-state index contributed by atoms with van der Waals surface area (Å²) in [5.41, 5.74) is 3.80. The molecule has 0 amide bonds. The van der Waals surface area contributed by atoms with Crippen LogP contribution in [-0.2, 0) is 6.54 Å². The molecule has 2 aromatic carbocycles. The minimum atomic E-state index is -0.228. The van der Waals surface area contributed by atoms with Crippen molar-refractivity contribution in [3.8, 4) is 0 Å². The van der Waals surface area contributed by atoms with Crippen molar-refractivity contribution < 1.29 is 4.39 Å². The van der Waals surface area contributed by atoms with Crippen LogP contribution in [0.25, 0.3) is 0 Å². The third-order valence-electron chi connectivity index (χ3n) is 4.85. The van der Waals surface area contributed by atoms with Crippen molar-refractivity contribution in [3.63, 3.8) is 0 Å². The predicted molar refractivity (Wildman–Crippen MR) is 111 cm³/mol. The van der Waals surface area contributed by atoms with Crippen molar-refractivity contribution in [2.75, 3.05) is 30.4 Å². The Morgan fingerprint density at radius 3 is 2.46 bits per heavy atom. The normalized spacial score (nSPS) is 14.2. The molecule has 3 nitrogen and oxygen atoms in total. The number of rotatable bonds is 4. The van der Waals surface area contributed by atoms with Crippen LogP contribution < -0.4 is 10.2 Å². The van der Waals surface area contributed by atoms with Crippen LogP contribution in [-0.4, -0.2) is 30.1 Å². The van der Waals surface area contributed by atoms with Crippen LogP contribution >= 0.6 is 12.2 Å². The zero-order valence-electron chi connectivity index (χ0n) is 15.5. The Morgan fingerprint density at radius 1 is 1.12 bits per heavy atom. The Labute approximate surface area is 160 Å². The first kappa shape index (κ1) is 18.6. The number of nitrogens with one attached hydrogen (secondary N) is 1. The molecule has 0 bridgehead atoms. The summed E-state index contributed by atoms with van der Waals surface area (Å²) in [7, 11) is 1.94. The van der Waals surface area contributed by atoms with Gasteiger partial charge >= 0.3 is 0 Å². The Hall–Kier alpha value is -2.14. The summed E-state index contributed by atoms with van der Waals surface area (Å²) in [6.07, 6.45) is 3.91. The first-order valence-electron chi connectivity index (χ1n) is 9.15. The fourth-order valence-electron chi connectivity index (χ4n) is 3.20. The molecule has 1 N–H and O–H groups in total. The van der Waals surface area contributed by atoms with E-state index in [0.717, 1.165) is 13.1 Å². The largest absolute Gasteiger partial charge is 0.372 e. The highest BCUT2D eigenvalue weighted by Gasteiger charge is 2.11. The SMILES string of the molecule is Cc1ccc(NC(=S)N(C)Cc2ccc(N3CCCCC3)cc2)cc1F. The number of halogens is 1. The lowest BCUT2D eigenvalue weighted by Gasteiger charge is -2.29. The monoisotopic (exact) mass is 371 g/mol. The maximum Gasteiger partial charge on any atom is 0.173 e. The first-order chi connectivity index (χ1) is 12.5. The van der Waals surface area contributed by atoms with Gasteiger partial charge in [-0.15, -0.1) is 0 Å². The van der Waals surface area contributed by atoms with Gasteiger partial charge in [-0.05, 0) is 73.8 Å². The lowest BCUT2D eigenvalue weighted by atomic mass is 10.1. The Kier molecular flexibility index (Phi) is 6.09. The van der Waals surface area contributed by atoms with E-state index in [1.54, 1.807) is 13.0 Å². The molecular formula is C21H26FN3S. The predicted octanol–water partition coefficient (Wildman–Crippen LogP) is 4.95.